The van der Waals surface area contributed by atoms with Gasteiger partial charge in [-0.2, -0.15) is 15.0 Å². The van der Waals surface area contributed by atoms with E-state index in [2.05, 4.69) is 34.3 Å². The summed E-state index contributed by atoms with van der Waals surface area (Å²) < 4.78 is 16.7. The molecule has 4 heterocycles. The van der Waals surface area contributed by atoms with E-state index < -0.39 is 6.03 Å². The molecule has 13 heteroatoms. The number of anilines is 4. The molecule has 2 aromatic carbocycles. The molecule has 2 N–H and O–H groups in total. The van der Waals surface area contributed by atoms with Crippen LogP contribution in [0.5, 0.6) is 0 Å². The molecule has 0 aliphatic carbocycles. The fourth-order valence-electron chi connectivity index (χ4n) is 5.68. The topological polar surface area (TPSA) is 134 Å². The molecule has 0 spiro atoms. The zero-order valence-corrected chi connectivity index (χ0v) is 25.9. The van der Waals surface area contributed by atoms with Gasteiger partial charge in [-0.3, -0.25) is 4.79 Å². The monoisotopic (exact) mass is 616 g/mol. The number of benzene rings is 2. The largest absolute Gasteiger partial charge is 0.377 e. The molecular weight excluding hydrogens is 576 g/mol. The molecule has 3 saturated heterocycles. The first-order chi connectivity index (χ1) is 21.9. The first-order valence-electron chi connectivity index (χ1n) is 15.5. The van der Waals surface area contributed by atoms with E-state index in [-0.39, 0.29) is 24.0 Å². The Morgan fingerprint density at radius 1 is 0.667 bits per heavy atom. The van der Waals surface area contributed by atoms with Gasteiger partial charge in [-0.25, -0.2) is 4.79 Å². The number of ether oxygens (including phenoxy) is 3. The standard InChI is InChI=1S/C32H40N8O5/c1-21-18-43-15-12-38(21)29(41)25-6-10-27(11-7-25)34-32(42)33-26-8-4-24(5-9-26)28-35-30(39-13-16-44-19-22(39)2)37-31(36-28)40-14-17-45-20-23(40)3/h4-11,21-23H,12-20H2,1-3H3,(H2,33,34,42)/t21-,22-,23-/m0/s1. The maximum absolute atomic E-state index is 12.9. The Kier molecular flexibility index (Phi) is 9.38. The highest BCUT2D eigenvalue weighted by Gasteiger charge is 2.28. The summed E-state index contributed by atoms with van der Waals surface area (Å²) >= 11 is 0. The second-order valence-corrected chi connectivity index (χ2v) is 11.6. The van der Waals surface area contributed by atoms with Crippen LogP contribution in [0, 0.1) is 0 Å². The van der Waals surface area contributed by atoms with Gasteiger partial charge in [0, 0.05) is 42.1 Å². The molecule has 0 unspecified atom stereocenters. The van der Waals surface area contributed by atoms with E-state index in [0.29, 0.717) is 93.9 Å². The molecule has 0 bridgehead atoms. The number of nitrogens with one attached hydrogen (secondary N) is 2. The summed E-state index contributed by atoms with van der Waals surface area (Å²) in [4.78, 5) is 46.4. The van der Waals surface area contributed by atoms with Crippen molar-refractivity contribution in [2.45, 2.75) is 38.9 Å². The minimum absolute atomic E-state index is 0.0253. The molecule has 3 amide bonds. The number of morpholine rings is 3. The molecular formula is C32H40N8O5. The van der Waals surface area contributed by atoms with Gasteiger partial charge >= 0.3 is 6.03 Å². The van der Waals surface area contributed by atoms with Crippen LogP contribution in [0.3, 0.4) is 0 Å². The van der Waals surface area contributed by atoms with E-state index in [4.69, 9.17) is 29.2 Å². The van der Waals surface area contributed by atoms with E-state index in [0.717, 1.165) is 5.56 Å². The van der Waals surface area contributed by atoms with Gasteiger partial charge in [-0.05, 0) is 69.3 Å². The first kappa shape index (κ1) is 30.7. The summed E-state index contributed by atoms with van der Waals surface area (Å²) in [6.07, 6.45) is 0. The van der Waals surface area contributed by atoms with Crippen LogP contribution in [0.4, 0.5) is 28.1 Å². The van der Waals surface area contributed by atoms with Crippen LogP contribution >= 0.6 is 0 Å². The van der Waals surface area contributed by atoms with Gasteiger partial charge in [0.25, 0.3) is 5.91 Å². The average Bonchev–Trinajstić information content (AvgIpc) is 3.05. The minimum Gasteiger partial charge on any atom is -0.377 e. The van der Waals surface area contributed by atoms with Gasteiger partial charge < -0.3 is 39.5 Å². The molecule has 6 rings (SSSR count). The Balaban J connectivity index is 1.13. The molecule has 0 saturated carbocycles. The average molecular weight is 617 g/mol. The third kappa shape index (κ3) is 7.16. The number of aromatic nitrogens is 3. The van der Waals surface area contributed by atoms with Crippen LogP contribution in [0.15, 0.2) is 48.5 Å². The lowest BCUT2D eigenvalue weighted by molar-refractivity contribution is 0.00359. The highest BCUT2D eigenvalue weighted by molar-refractivity contribution is 6.00. The summed E-state index contributed by atoms with van der Waals surface area (Å²) in [5.41, 5.74) is 2.57. The SMILES string of the molecule is C[C@H]1COCCN1C(=O)c1ccc(NC(=O)Nc2ccc(-c3nc(N4CCOC[C@@H]4C)nc(N4CCOC[C@@H]4C)n3)cc2)cc1. The van der Waals surface area contributed by atoms with Crippen molar-refractivity contribution in [3.8, 4) is 11.4 Å². The van der Waals surface area contributed by atoms with Crippen molar-refractivity contribution in [1.29, 1.82) is 0 Å². The molecule has 0 radical (unpaired) electrons. The van der Waals surface area contributed by atoms with Crippen LogP contribution < -0.4 is 20.4 Å². The number of nitrogens with zero attached hydrogens (tertiary/aromatic N) is 6. The van der Waals surface area contributed by atoms with E-state index in [9.17, 15) is 9.59 Å². The van der Waals surface area contributed by atoms with E-state index in [1.165, 1.54) is 0 Å². The lowest BCUT2D eigenvalue weighted by Gasteiger charge is -2.36. The van der Waals surface area contributed by atoms with Crippen LogP contribution in [-0.4, -0.2) is 109 Å². The van der Waals surface area contributed by atoms with Crippen molar-refractivity contribution in [2.24, 2.45) is 0 Å². The molecule has 3 aliphatic rings. The summed E-state index contributed by atoms with van der Waals surface area (Å²) in [5.74, 6) is 1.76. The van der Waals surface area contributed by atoms with E-state index >= 15 is 0 Å². The number of hydrogen-bond acceptors (Lipinski definition) is 10. The van der Waals surface area contributed by atoms with Crippen molar-refractivity contribution in [3.05, 3.63) is 54.1 Å². The Bertz CT molecular complexity index is 1450. The predicted molar refractivity (Wildman–Crippen MR) is 171 cm³/mol. The summed E-state index contributed by atoms with van der Waals surface area (Å²) in [6.45, 7) is 11.7. The van der Waals surface area contributed by atoms with Crippen molar-refractivity contribution in [1.82, 2.24) is 19.9 Å². The van der Waals surface area contributed by atoms with Crippen LogP contribution in [0.2, 0.25) is 0 Å². The molecule has 13 nitrogen and oxygen atoms in total. The smallest absolute Gasteiger partial charge is 0.323 e. The van der Waals surface area contributed by atoms with Crippen molar-refractivity contribution < 1.29 is 23.8 Å². The number of rotatable bonds is 6. The second-order valence-electron chi connectivity index (χ2n) is 11.6. The van der Waals surface area contributed by atoms with Gasteiger partial charge in [0.2, 0.25) is 11.9 Å². The highest BCUT2D eigenvalue weighted by atomic mass is 16.5. The number of amides is 3. The zero-order chi connectivity index (χ0) is 31.3. The lowest BCUT2D eigenvalue weighted by atomic mass is 10.1. The molecule has 1 aromatic heterocycles. The molecule has 3 fully saturated rings. The second kappa shape index (κ2) is 13.8. The Hall–Kier alpha value is -4.33. The third-order valence-corrected chi connectivity index (χ3v) is 8.28. The molecule has 238 valence electrons. The van der Waals surface area contributed by atoms with E-state index in [1.807, 2.05) is 36.1 Å². The zero-order valence-electron chi connectivity index (χ0n) is 25.9. The summed E-state index contributed by atoms with van der Waals surface area (Å²) in [5, 5.41) is 5.69. The quantitative estimate of drug-likeness (QED) is 0.424. The van der Waals surface area contributed by atoms with Crippen molar-refractivity contribution in [2.75, 3.05) is 79.7 Å². The lowest BCUT2D eigenvalue weighted by Crippen LogP contribution is -2.47. The van der Waals surface area contributed by atoms with Crippen LogP contribution in [0.1, 0.15) is 31.1 Å². The number of carbonyl (C=O) groups is 2. The van der Waals surface area contributed by atoms with Crippen molar-refractivity contribution in [3.63, 3.8) is 0 Å². The van der Waals surface area contributed by atoms with Gasteiger partial charge in [-0.1, -0.05) is 0 Å². The Labute approximate surface area is 262 Å². The highest BCUT2D eigenvalue weighted by Crippen LogP contribution is 2.26. The van der Waals surface area contributed by atoms with Crippen LogP contribution in [-0.2, 0) is 14.2 Å². The first-order valence-corrected chi connectivity index (χ1v) is 15.5. The molecule has 3 aliphatic heterocycles. The fourth-order valence-corrected chi connectivity index (χ4v) is 5.68. The van der Waals surface area contributed by atoms with Gasteiger partial charge in [0.15, 0.2) is 5.82 Å². The number of carbonyl (C=O) groups excluding carboxylic acids is 2. The summed E-state index contributed by atoms with van der Waals surface area (Å²) in [6, 6.07) is 14.2. The fraction of sp³-hybridized carbons (Fsp3) is 0.469. The third-order valence-electron chi connectivity index (χ3n) is 8.28. The Morgan fingerprint density at radius 3 is 1.67 bits per heavy atom. The Morgan fingerprint density at radius 2 is 1.16 bits per heavy atom. The maximum Gasteiger partial charge on any atom is 0.323 e. The summed E-state index contributed by atoms with van der Waals surface area (Å²) in [7, 11) is 0. The van der Waals surface area contributed by atoms with Gasteiger partial charge in [0.1, 0.15) is 0 Å². The van der Waals surface area contributed by atoms with Gasteiger partial charge in [-0.15, -0.1) is 0 Å². The minimum atomic E-state index is -0.393. The molecule has 45 heavy (non-hydrogen) atoms. The predicted octanol–water partition coefficient (Wildman–Crippen LogP) is 3.49. The number of urea groups is 1. The maximum atomic E-state index is 12.9. The van der Waals surface area contributed by atoms with Gasteiger partial charge in [0.05, 0.1) is 57.8 Å². The number of hydrogen-bond donors (Lipinski definition) is 2. The van der Waals surface area contributed by atoms with Crippen LogP contribution in [0.25, 0.3) is 11.4 Å². The normalized spacial score (nSPS) is 22.2. The van der Waals surface area contributed by atoms with E-state index in [1.54, 1.807) is 24.3 Å². The van der Waals surface area contributed by atoms with Crippen molar-refractivity contribution >= 4 is 35.2 Å². The molecule has 3 atom stereocenters. The molecule has 3 aromatic rings.